The fraction of sp³-hybridized carbons (Fsp3) is 0.714. The van der Waals surface area contributed by atoms with Gasteiger partial charge in [-0.05, 0) is 13.3 Å². The number of rotatable bonds is 7. The SMILES string of the molecule is CCCCn1c(C(C)C)nc(SCCC#N)c1C. The van der Waals surface area contributed by atoms with E-state index >= 15 is 0 Å². The molecule has 0 aliphatic rings. The first-order valence-corrected chi connectivity index (χ1v) is 7.67. The van der Waals surface area contributed by atoms with E-state index in [-0.39, 0.29) is 0 Å². The molecule has 3 nitrogen and oxygen atoms in total. The van der Waals surface area contributed by atoms with Gasteiger partial charge in [-0.15, -0.1) is 11.8 Å². The topological polar surface area (TPSA) is 41.6 Å². The zero-order valence-corrected chi connectivity index (χ0v) is 12.7. The monoisotopic (exact) mass is 265 g/mol. The maximum absolute atomic E-state index is 8.59. The van der Waals surface area contributed by atoms with Crippen LogP contribution < -0.4 is 0 Å². The van der Waals surface area contributed by atoms with Crippen LogP contribution >= 0.6 is 11.8 Å². The van der Waals surface area contributed by atoms with Crippen molar-refractivity contribution >= 4 is 11.8 Å². The largest absolute Gasteiger partial charge is 0.331 e. The van der Waals surface area contributed by atoms with E-state index in [4.69, 9.17) is 10.2 Å². The molecule has 0 fully saturated rings. The molecule has 0 spiro atoms. The summed E-state index contributed by atoms with van der Waals surface area (Å²) in [5, 5.41) is 9.69. The summed E-state index contributed by atoms with van der Waals surface area (Å²) in [4.78, 5) is 4.75. The van der Waals surface area contributed by atoms with Crippen LogP contribution in [-0.4, -0.2) is 15.3 Å². The van der Waals surface area contributed by atoms with Gasteiger partial charge in [0.1, 0.15) is 10.9 Å². The zero-order chi connectivity index (χ0) is 13.5. The molecule has 0 aliphatic carbocycles. The molecule has 0 saturated heterocycles. The van der Waals surface area contributed by atoms with Crippen LogP contribution in [0.4, 0.5) is 0 Å². The van der Waals surface area contributed by atoms with Gasteiger partial charge in [-0.2, -0.15) is 5.26 Å². The number of hydrogen-bond donors (Lipinski definition) is 0. The van der Waals surface area contributed by atoms with Crippen LogP contribution in [0.25, 0.3) is 0 Å². The van der Waals surface area contributed by atoms with Gasteiger partial charge in [-0.3, -0.25) is 0 Å². The maximum atomic E-state index is 8.59. The van der Waals surface area contributed by atoms with Gasteiger partial charge in [0.25, 0.3) is 0 Å². The predicted molar refractivity (Wildman–Crippen MR) is 76.9 cm³/mol. The summed E-state index contributed by atoms with van der Waals surface area (Å²) in [6.45, 7) is 9.79. The third-order valence-corrected chi connectivity index (χ3v) is 3.98. The number of aromatic nitrogens is 2. The lowest BCUT2D eigenvalue weighted by molar-refractivity contribution is 0.572. The highest BCUT2D eigenvalue weighted by molar-refractivity contribution is 7.99. The van der Waals surface area contributed by atoms with E-state index < -0.39 is 0 Å². The van der Waals surface area contributed by atoms with Crippen molar-refractivity contribution in [1.29, 1.82) is 5.26 Å². The molecule has 18 heavy (non-hydrogen) atoms. The van der Waals surface area contributed by atoms with Crippen LogP contribution in [0.5, 0.6) is 0 Å². The van der Waals surface area contributed by atoms with Gasteiger partial charge in [-0.1, -0.05) is 27.2 Å². The van der Waals surface area contributed by atoms with E-state index in [9.17, 15) is 0 Å². The first-order chi connectivity index (χ1) is 8.61. The number of nitriles is 1. The van der Waals surface area contributed by atoms with Crippen LogP contribution in [0.15, 0.2) is 5.03 Å². The van der Waals surface area contributed by atoms with Crippen LogP contribution in [0, 0.1) is 18.3 Å². The van der Waals surface area contributed by atoms with Gasteiger partial charge in [0.2, 0.25) is 0 Å². The highest BCUT2D eigenvalue weighted by Crippen LogP contribution is 2.27. The molecule has 0 bridgehead atoms. The molecule has 1 aromatic heterocycles. The van der Waals surface area contributed by atoms with Crippen molar-refractivity contribution in [2.24, 2.45) is 0 Å². The molecule has 0 saturated carbocycles. The van der Waals surface area contributed by atoms with Crippen molar-refractivity contribution in [3.05, 3.63) is 11.5 Å². The van der Waals surface area contributed by atoms with Crippen molar-refractivity contribution in [3.63, 3.8) is 0 Å². The molecule has 0 unspecified atom stereocenters. The summed E-state index contributed by atoms with van der Waals surface area (Å²) in [6.07, 6.45) is 2.98. The lowest BCUT2D eigenvalue weighted by Gasteiger charge is -2.11. The molecule has 1 heterocycles. The molecular formula is C14H23N3S. The summed E-state index contributed by atoms with van der Waals surface area (Å²) >= 11 is 1.70. The number of nitrogens with zero attached hydrogens (tertiary/aromatic N) is 3. The van der Waals surface area contributed by atoms with Crippen molar-refractivity contribution in [2.75, 3.05) is 5.75 Å². The standard InChI is InChI=1S/C14H23N3S/c1-5-6-9-17-12(4)14(18-10-7-8-15)16-13(17)11(2)3/h11H,5-7,9-10H2,1-4H3. The highest BCUT2D eigenvalue weighted by atomic mass is 32.2. The number of hydrogen-bond acceptors (Lipinski definition) is 3. The molecule has 4 heteroatoms. The van der Waals surface area contributed by atoms with Crippen molar-refractivity contribution in [1.82, 2.24) is 9.55 Å². The Hall–Kier alpha value is -0.950. The van der Waals surface area contributed by atoms with Crippen LogP contribution in [-0.2, 0) is 6.54 Å². The second kappa shape index (κ2) is 7.48. The maximum Gasteiger partial charge on any atom is 0.117 e. The fourth-order valence-electron chi connectivity index (χ4n) is 1.90. The van der Waals surface area contributed by atoms with Crippen LogP contribution in [0.1, 0.15) is 57.5 Å². The Kier molecular flexibility index (Phi) is 6.28. The molecule has 0 aliphatic heterocycles. The minimum Gasteiger partial charge on any atom is -0.331 e. The van der Waals surface area contributed by atoms with E-state index in [1.807, 2.05) is 0 Å². The van der Waals surface area contributed by atoms with Gasteiger partial charge in [0.15, 0.2) is 0 Å². The zero-order valence-electron chi connectivity index (χ0n) is 11.9. The van der Waals surface area contributed by atoms with Crippen molar-refractivity contribution < 1.29 is 0 Å². The molecule has 0 radical (unpaired) electrons. The average Bonchev–Trinajstić information content (AvgIpc) is 2.65. The minimum absolute atomic E-state index is 0.450. The third-order valence-electron chi connectivity index (χ3n) is 2.91. The minimum atomic E-state index is 0.450. The van der Waals surface area contributed by atoms with E-state index in [0.29, 0.717) is 12.3 Å². The summed E-state index contributed by atoms with van der Waals surface area (Å²) in [5.74, 6) is 2.46. The lowest BCUT2D eigenvalue weighted by Crippen LogP contribution is -2.07. The van der Waals surface area contributed by atoms with Crippen molar-refractivity contribution in [2.45, 2.75) is 64.4 Å². The van der Waals surface area contributed by atoms with Gasteiger partial charge in [-0.25, -0.2) is 4.98 Å². The molecular weight excluding hydrogens is 242 g/mol. The number of imidazole rings is 1. The van der Waals surface area contributed by atoms with Gasteiger partial charge in [0, 0.05) is 30.3 Å². The van der Waals surface area contributed by atoms with E-state index in [0.717, 1.165) is 17.3 Å². The number of thioether (sulfide) groups is 1. The second-order valence-electron chi connectivity index (χ2n) is 4.78. The van der Waals surface area contributed by atoms with Gasteiger partial charge in [0.05, 0.1) is 6.07 Å². The molecule has 1 rings (SSSR count). The highest BCUT2D eigenvalue weighted by Gasteiger charge is 2.15. The quantitative estimate of drug-likeness (QED) is 0.550. The predicted octanol–water partition coefficient (Wildman–Crippen LogP) is 4.12. The first-order valence-electron chi connectivity index (χ1n) is 6.68. The summed E-state index contributed by atoms with van der Waals surface area (Å²) in [6, 6.07) is 2.18. The Bertz CT molecular complexity index is 415. The summed E-state index contributed by atoms with van der Waals surface area (Å²) in [5.41, 5.74) is 1.26. The van der Waals surface area contributed by atoms with E-state index in [1.54, 1.807) is 11.8 Å². The molecule has 100 valence electrons. The fourth-order valence-corrected chi connectivity index (χ4v) is 2.77. The Morgan fingerprint density at radius 2 is 2.17 bits per heavy atom. The Morgan fingerprint density at radius 1 is 1.44 bits per heavy atom. The lowest BCUT2D eigenvalue weighted by atomic mass is 10.2. The molecule has 0 amide bonds. The van der Waals surface area contributed by atoms with Gasteiger partial charge < -0.3 is 4.57 Å². The van der Waals surface area contributed by atoms with Crippen LogP contribution in [0.3, 0.4) is 0 Å². The molecule has 0 N–H and O–H groups in total. The molecule has 0 aromatic carbocycles. The molecule has 0 atom stereocenters. The Labute approximate surface area is 115 Å². The van der Waals surface area contributed by atoms with Gasteiger partial charge >= 0.3 is 0 Å². The average molecular weight is 265 g/mol. The van der Waals surface area contributed by atoms with Crippen molar-refractivity contribution in [3.8, 4) is 6.07 Å². The first kappa shape index (κ1) is 15.1. The van der Waals surface area contributed by atoms with Crippen LogP contribution in [0.2, 0.25) is 0 Å². The second-order valence-corrected chi connectivity index (χ2v) is 5.86. The Morgan fingerprint density at radius 3 is 2.72 bits per heavy atom. The third kappa shape index (κ3) is 3.78. The summed E-state index contributed by atoms with van der Waals surface area (Å²) in [7, 11) is 0. The van der Waals surface area contributed by atoms with E-state index in [1.165, 1.54) is 24.4 Å². The Balaban J connectivity index is 2.89. The molecule has 1 aromatic rings. The van der Waals surface area contributed by atoms with E-state index in [2.05, 4.69) is 38.3 Å². The smallest absolute Gasteiger partial charge is 0.117 e. The number of unbranched alkanes of at least 4 members (excludes halogenated alkanes) is 1. The normalized spacial score (nSPS) is 10.9. The summed E-state index contributed by atoms with van der Waals surface area (Å²) < 4.78 is 2.35.